The van der Waals surface area contributed by atoms with Crippen LogP contribution in [-0.4, -0.2) is 11.1 Å². The summed E-state index contributed by atoms with van der Waals surface area (Å²) < 4.78 is 0. The molecule has 0 aromatic rings. The van der Waals surface area contributed by atoms with Crippen molar-refractivity contribution in [1.29, 1.82) is 0 Å². The molecule has 0 rings (SSSR count). The molecule has 0 aromatic carbocycles. The quantitative estimate of drug-likeness (QED) is 0.676. The van der Waals surface area contributed by atoms with Crippen LogP contribution in [0.25, 0.3) is 0 Å². The Balaban J connectivity index is 5.37. The van der Waals surface area contributed by atoms with Gasteiger partial charge in [0.2, 0.25) is 0 Å². The molecule has 0 aliphatic carbocycles. The van der Waals surface area contributed by atoms with Gasteiger partial charge in [0.25, 0.3) is 0 Å². The molecule has 0 spiro atoms. The molecule has 0 saturated carbocycles. The summed E-state index contributed by atoms with van der Waals surface area (Å²) in [6, 6.07) is 0. The maximum atomic E-state index is 10.9. The van der Waals surface area contributed by atoms with Gasteiger partial charge in [-0.2, -0.15) is 0 Å². The van der Waals surface area contributed by atoms with Gasteiger partial charge in [0.1, 0.15) is 0 Å². The van der Waals surface area contributed by atoms with E-state index >= 15 is 0 Å². The molecule has 0 aromatic heterocycles. The van der Waals surface area contributed by atoms with Crippen molar-refractivity contribution >= 4 is 5.97 Å². The lowest BCUT2D eigenvalue weighted by Gasteiger charge is -2.12. The second-order valence-electron chi connectivity index (χ2n) is 3.82. The molecular formula is C15H20O2. The second kappa shape index (κ2) is 7.44. The summed E-state index contributed by atoms with van der Waals surface area (Å²) >= 11 is 0. The Morgan fingerprint density at radius 1 is 1.35 bits per heavy atom. The van der Waals surface area contributed by atoms with Gasteiger partial charge in [0.15, 0.2) is 0 Å². The highest BCUT2D eigenvalue weighted by molar-refractivity contribution is 5.70. The van der Waals surface area contributed by atoms with Gasteiger partial charge >= 0.3 is 5.97 Å². The lowest BCUT2D eigenvalue weighted by atomic mass is 9.93. The summed E-state index contributed by atoms with van der Waals surface area (Å²) in [4.78, 5) is 10.9. The number of hydrogen-bond donors (Lipinski definition) is 1. The first kappa shape index (κ1) is 15.2. The molecule has 2 heteroatoms. The van der Waals surface area contributed by atoms with Crippen LogP contribution in [0.4, 0.5) is 0 Å². The maximum Gasteiger partial charge on any atom is 0.306 e. The highest BCUT2D eigenvalue weighted by Crippen LogP contribution is 2.23. The number of carboxylic acid groups (broad SMARTS) is 1. The average molecular weight is 232 g/mol. The molecule has 0 aliphatic heterocycles. The summed E-state index contributed by atoms with van der Waals surface area (Å²) in [6.07, 6.45) is 7.56. The first-order valence-electron chi connectivity index (χ1n) is 5.50. The number of rotatable bonds is 7. The van der Waals surface area contributed by atoms with E-state index < -0.39 is 11.9 Å². The van der Waals surface area contributed by atoms with Gasteiger partial charge in [0, 0.05) is 0 Å². The molecule has 17 heavy (non-hydrogen) atoms. The van der Waals surface area contributed by atoms with Crippen LogP contribution in [0.5, 0.6) is 0 Å². The van der Waals surface area contributed by atoms with E-state index in [2.05, 4.69) is 19.7 Å². The summed E-state index contributed by atoms with van der Waals surface area (Å²) in [6.45, 7) is 14.8. The van der Waals surface area contributed by atoms with Crippen LogP contribution in [0.3, 0.4) is 0 Å². The van der Waals surface area contributed by atoms with Crippen molar-refractivity contribution in [2.24, 2.45) is 5.92 Å². The van der Waals surface area contributed by atoms with Gasteiger partial charge in [-0.15, -0.1) is 0 Å². The molecule has 1 atom stereocenters. The van der Waals surface area contributed by atoms with Crippen molar-refractivity contribution in [2.45, 2.75) is 20.3 Å². The van der Waals surface area contributed by atoms with Crippen molar-refractivity contribution in [2.75, 3.05) is 0 Å². The minimum absolute atomic E-state index is 0.436. The lowest BCUT2D eigenvalue weighted by molar-refractivity contribution is -0.141. The van der Waals surface area contributed by atoms with Crippen LogP contribution in [0, 0.1) is 5.92 Å². The van der Waals surface area contributed by atoms with E-state index in [0.717, 1.165) is 16.7 Å². The number of aliphatic carboxylic acids is 1. The van der Waals surface area contributed by atoms with Crippen LogP contribution in [0.1, 0.15) is 20.3 Å². The van der Waals surface area contributed by atoms with Gasteiger partial charge in [-0.3, -0.25) is 4.79 Å². The van der Waals surface area contributed by atoms with Crippen molar-refractivity contribution in [1.82, 2.24) is 0 Å². The standard InChI is InChI=1S/C15H20O2/c1-6-9-13(10-12(5)15(16)17)14(8-3)11(4)7-2/h6-9,12H,2-4,10H2,1,5H3,(H,16,17)/b9-6-,14-13+. The Kier molecular flexibility index (Phi) is 6.64. The summed E-state index contributed by atoms with van der Waals surface area (Å²) in [7, 11) is 0. The minimum Gasteiger partial charge on any atom is -0.481 e. The monoisotopic (exact) mass is 232 g/mol. The zero-order valence-corrected chi connectivity index (χ0v) is 10.6. The van der Waals surface area contributed by atoms with E-state index in [9.17, 15) is 4.79 Å². The van der Waals surface area contributed by atoms with E-state index in [1.807, 2.05) is 19.1 Å². The smallest absolute Gasteiger partial charge is 0.306 e. The summed E-state index contributed by atoms with van der Waals surface area (Å²) in [5, 5.41) is 8.93. The first-order chi connectivity index (χ1) is 7.97. The van der Waals surface area contributed by atoms with Crippen molar-refractivity contribution in [3.8, 4) is 0 Å². The normalized spacial score (nSPS) is 14.0. The molecule has 1 unspecified atom stereocenters. The Morgan fingerprint density at radius 2 is 1.94 bits per heavy atom. The van der Waals surface area contributed by atoms with Gasteiger partial charge < -0.3 is 5.11 Å². The van der Waals surface area contributed by atoms with E-state index in [4.69, 9.17) is 5.11 Å². The molecule has 1 N–H and O–H groups in total. The third-order valence-corrected chi connectivity index (χ3v) is 2.46. The van der Waals surface area contributed by atoms with E-state index in [-0.39, 0.29) is 0 Å². The number of allylic oxidation sites excluding steroid dienone is 7. The minimum atomic E-state index is -0.806. The fourth-order valence-electron chi connectivity index (χ4n) is 1.46. The molecule has 0 amide bonds. The molecular weight excluding hydrogens is 212 g/mol. The Labute approximate surface area is 103 Å². The molecule has 92 valence electrons. The molecule has 0 saturated heterocycles. The van der Waals surface area contributed by atoms with E-state index in [1.165, 1.54) is 0 Å². The number of carboxylic acids is 1. The van der Waals surface area contributed by atoms with E-state index in [0.29, 0.717) is 6.42 Å². The van der Waals surface area contributed by atoms with Crippen LogP contribution >= 0.6 is 0 Å². The van der Waals surface area contributed by atoms with Gasteiger partial charge in [0.05, 0.1) is 5.92 Å². The predicted molar refractivity (Wildman–Crippen MR) is 72.8 cm³/mol. The lowest BCUT2D eigenvalue weighted by Crippen LogP contribution is -2.10. The number of carbonyl (C=O) groups is 1. The van der Waals surface area contributed by atoms with Crippen molar-refractivity contribution in [3.05, 3.63) is 60.8 Å². The fraction of sp³-hybridized carbons (Fsp3) is 0.267. The Morgan fingerprint density at radius 3 is 2.29 bits per heavy atom. The van der Waals surface area contributed by atoms with Crippen LogP contribution in [0.2, 0.25) is 0 Å². The number of hydrogen-bond acceptors (Lipinski definition) is 1. The van der Waals surface area contributed by atoms with Gasteiger partial charge in [-0.25, -0.2) is 0 Å². The molecule has 0 fully saturated rings. The summed E-state index contributed by atoms with van der Waals surface area (Å²) in [5.41, 5.74) is 2.53. The van der Waals surface area contributed by atoms with Gasteiger partial charge in [-0.05, 0) is 30.1 Å². The molecule has 0 radical (unpaired) electrons. The van der Waals surface area contributed by atoms with Gasteiger partial charge in [-0.1, -0.05) is 51.0 Å². The van der Waals surface area contributed by atoms with Crippen molar-refractivity contribution in [3.63, 3.8) is 0 Å². The third-order valence-electron chi connectivity index (χ3n) is 2.46. The largest absolute Gasteiger partial charge is 0.481 e. The van der Waals surface area contributed by atoms with E-state index in [1.54, 1.807) is 19.1 Å². The summed E-state index contributed by atoms with van der Waals surface area (Å²) in [5.74, 6) is -1.24. The average Bonchev–Trinajstić information content (AvgIpc) is 2.29. The topological polar surface area (TPSA) is 37.3 Å². The second-order valence-corrected chi connectivity index (χ2v) is 3.82. The Hall–Kier alpha value is -1.83. The Bertz CT molecular complexity index is 384. The molecule has 2 nitrogen and oxygen atoms in total. The maximum absolute atomic E-state index is 10.9. The highest BCUT2D eigenvalue weighted by atomic mass is 16.4. The van der Waals surface area contributed by atoms with Crippen molar-refractivity contribution < 1.29 is 9.90 Å². The molecule has 0 aliphatic rings. The predicted octanol–water partition coefficient (Wildman–Crippen LogP) is 3.90. The van der Waals surface area contributed by atoms with Crippen LogP contribution in [-0.2, 0) is 4.79 Å². The zero-order chi connectivity index (χ0) is 13.4. The first-order valence-corrected chi connectivity index (χ1v) is 5.50. The molecule has 0 bridgehead atoms. The fourth-order valence-corrected chi connectivity index (χ4v) is 1.46. The SMILES string of the molecule is C=CC(=C)/C(C=C)=C(\C=C/C)CC(C)C(=O)O. The molecule has 0 heterocycles. The zero-order valence-electron chi connectivity index (χ0n) is 10.6. The van der Waals surface area contributed by atoms with Crippen LogP contribution < -0.4 is 0 Å². The third kappa shape index (κ3) is 4.68. The highest BCUT2D eigenvalue weighted by Gasteiger charge is 2.14. The van der Waals surface area contributed by atoms with Crippen LogP contribution in [0.15, 0.2) is 60.8 Å².